The number of nitrogens with zero attached hydrogens (tertiary/aromatic N) is 1. The van der Waals surface area contributed by atoms with Crippen molar-refractivity contribution in [1.82, 2.24) is 9.88 Å². The van der Waals surface area contributed by atoms with E-state index in [1.807, 2.05) is 0 Å². The van der Waals surface area contributed by atoms with Crippen LogP contribution < -0.4 is 10.7 Å². The molecular weight excluding hydrogens is 585 g/mol. The van der Waals surface area contributed by atoms with Crippen LogP contribution in [0.3, 0.4) is 0 Å². The van der Waals surface area contributed by atoms with Crippen molar-refractivity contribution in [1.29, 1.82) is 0 Å². The Morgan fingerprint density at radius 1 is 1.26 bits per heavy atom. The number of aromatic nitrogens is 1. The average Bonchev–Trinajstić information content (AvgIpc) is 2.90. The molecule has 3 rings (SSSR count). The lowest BCUT2D eigenvalue weighted by atomic mass is 9.73. The van der Waals surface area contributed by atoms with Gasteiger partial charge in [0.15, 0.2) is 11.5 Å². The van der Waals surface area contributed by atoms with E-state index in [0.717, 1.165) is 22.9 Å². The highest BCUT2D eigenvalue weighted by molar-refractivity contribution is 7.52. The topological polar surface area (TPSA) is 180 Å². The summed E-state index contributed by atoms with van der Waals surface area (Å²) in [6, 6.07) is 2.75. The van der Waals surface area contributed by atoms with Crippen LogP contribution in [0.1, 0.15) is 53.6 Å². The van der Waals surface area contributed by atoms with Crippen molar-refractivity contribution >= 4 is 25.4 Å². The monoisotopic (exact) mass is 616 g/mol. The van der Waals surface area contributed by atoms with E-state index in [9.17, 15) is 42.5 Å². The average molecular weight is 617 g/mol. The molecule has 3 N–H and O–H groups in total. The minimum absolute atomic E-state index is 0.0513. The number of carbonyl (C=O) groups excluding carboxylic acids is 3. The summed E-state index contributed by atoms with van der Waals surface area (Å²) >= 11 is 0. The van der Waals surface area contributed by atoms with Crippen molar-refractivity contribution in [3.05, 3.63) is 63.1 Å². The van der Waals surface area contributed by atoms with Gasteiger partial charge in [0.25, 0.3) is 5.91 Å². The fourth-order valence-electron chi connectivity index (χ4n) is 4.36. The molecule has 0 radical (unpaired) electrons. The summed E-state index contributed by atoms with van der Waals surface area (Å²) in [4.78, 5) is 60.9. The minimum Gasteiger partial charge on any atom is -0.503 e. The van der Waals surface area contributed by atoms with Crippen LogP contribution in [0.4, 0.5) is 13.6 Å². The van der Waals surface area contributed by atoms with Crippen LogP contribution in [-0.2, 0) is 36.4 Å². The smallest absolute Gasteiger partial charge is 0.503 e. The number of halogens is 2. The van der Waals surface area contributed by atoms with Gasteiger partial charge in [-0.05, 0) is 33.3 Å². The molecule has 0 saturated heterocycles. The minimum atomic E-state index is -4.39. The van der Waals surface area contributed by atoms with Crippen LogP contribution in [0.5, 0.6) is 5.75 Å². The lowest BCUT2D eigenvalue weighted by molar-refractivity contribution is -0.0183. The molecule has 16 heteroatoms. The molecule has 13 nitrogen and oxygen atoms in total. The van der Waals surface area contributed by atoms with E-state index in [2.05, 4.69) is 10.1 Å². The summed E-state index contributed by atoms with van der Waals surface area (Å²) in [5.41, 5.74) is -3.74. The number of ether oxygens (including phenoxy) is 3. The summed E-state index contributed by atoms with van der Waals surface area (Å²) < 4.78 is 60.3. The van der Waals surface area contributed by atoms with Crippen molar-refractivity contribution in [3.8, 4) is 5.75 Å². The van der Waals surface area contributed by atoms with Crippen molar-refractivity contribution in [3.63, 3.8) is 0 Å². The third-order valence-corrected chi connectivity index (χ3v) is 8.02. The van der Waals surface area contributed by atoms with Crippen LogP contribution in [0.15, 0.2) is 29.2 Å². The van der Waals surface area contributed by atoms with E-state index >= 15 is 0 Å². The summed E-state index contributed by atoms with van der Waals surface area (Å²) in [5, 5.41) is 13.0. The SMILES string of the molecule is COC1Cn2cc(C(=O)NCc3ccc(F)cc3F)c(=O)c(O)c2C(=O)C1(C)CCP(=O)(O)OCOC(=O)OC(C)C. The summed E-state index contributed by atoms with van der Waals surface area (Å²) in [5.74, 6) is -4.53. The van der Waals surface area contributed by atoms with Crippen molar-refractivity contribution in [2.24, 2.45) is 5.41 Å². The van der Waals surface area contributed by atoms with Gasteiger partial charge in [0.05, 0.1) is 30.3 Å². The van der Waals surface area contributed by atoms with Crippen molar-refractivity contribution in [2.75, 3.05) is 20.1 Å². The number of ketones is 1. The number of fused-ring (bicyclic) bond motifs is 1. The Bertz CT molecular complexity index is 1480. The molecule has 0 fully saturated rings. The molecule has 0 spiro atoms. The third-order valence-electron chi connectivity index (χ3n) is 6.72. The number of benzene rings is 1. The largest absolute Gasteiger partial charge is 0.510 e. The Hall–Kier alpha value is -3.65. The van der Waals surface area contributed by atoms with Crippen LogP contribution in [0.25, 0.3) is 0 Å². The number of nitrogens with one attached hydrogen (secondary N) is 1. The second-order valence-corrected chi connectivity index (χ2v) is 12.0. The van der Waals surface area contributed by atoms with E-state index in [4.69, 9.17) is 14.0 Å². The van der Waals surface area contributed by atoms with Crippen molar-refractivity contribution < 1.29 is 56.5 Å². The van der Waals surface area contributed by atoms with Crippen LogP contribution in [0.2, 0.25) is 0 Å². The number of pyridine rings is 1. The maximum atomic E-state index is 13.9. The highest BCUT2D eigenvalue weighted by Crippen LogP contribution is 2.48. The summed E-state index contributed by atoms with van der Waals surface area (Å²) in [6.07, 6.45) is -2.36. The molecule has 3 unspecified atom stereocenters. The first-order valence-electron chi connectivity index (χ1n) is 12.7. The fraction of sp³-hybridized carbons (Fsp3) is 0.462. The maximum absolute atomic E-state index is 13.9. The van der Waals surface area contributed by atoms with Gasteiger partial charge in [-0.3, -0.25) is 23.5 Å². The predicted octanol–water partition coefficient (Wildman–Crippen LogP) is 3.09. The van der Waals surface area contributed by atoms with E-state index in [1.165, 1.54) is 14.0 Å². The third kappa shape index (κ3) is 7.40. The van der Waals surface area contributed by atoms with E-state index < -0.39 is 96.6 Å². The van der Waals surface area contributed by atoms with Gasteiger partial charge in [0.1, 0.15) is 22.9 Å². The number of amides is 1. The van der Waals surface area contributed by atoms with Crippen LogP contribution in [-0.4, -0.2) is 64.7 Å². The molecule has 1 amide bonds. The number of methoxy groups -OCH3 is 1. The second-order valence-electron chi connectivity index (χ2n) is 10.0. The van der Waals surface area contributed by atoms with Gasteiger partial charge >= 0.3 is 13.8 Å². The molecule has 0 saturated carbocycles. The molecule has 0 bridgehead atoms. The molecule has 1 aliphatic rings. The molecule has 2 aromatic rings. The summed E-state index contributed by atoms with van der Waals surface area (Å²) in [7, 11) is -3.10. The first-order chi connectivity index (χ1) is 19.6. The van der Waals surface area contributed by atoms with Gasteiger partial charge in [-0.15, -0.1) is 0 Å². The van der Waals surface area contributed by atoms with Gasteiger partial charge in [0.2, 0.25) is 12.2 Å². The number of aromatic hydroxyl groups is 1. The number of Topliss-reactive ketones (excluding diaryl/α,β-unsaturated/α-hetero) is 1. The van der Waals surface area contributed by atoms with Gasteiger partial charge in [0, 0.05) is 31.5 Å². The number of rotatable bonds is 11. The Kier molecular flexibility index (Phi) is 10.3. The highest BCUT2D eigenvalue weighted by atomic mass is 31.2. The van der Waals surface area contributed by atoms with Crippen molar-refractivity contribution in [2.45, 2.75) is 52.5 Å². The van der Waals surface area contributed by atoms with E-state index in [0.29, 0.717) is 6.07 Å². The lowest BCUT2D eigenvalue weighted by Crippen LogP contribution is -2.50. The van der Waals surface area contributed by atoms with Gasteiger partial charge in [-0.1, -0.05) is 6.07 Å². The maximum Gasteiger partial charge on any atom is 0.510 e. The molecule has 1 aromatic heterocycles. The van der Waals surface area contributed by atoms with E-state index in [-0.39, 0.29) is 18.5 Å². The molecule has 3 atom stereocenters. The number of hydrogen-bond donors (Lipinski definition) is 3. The normalized spacial score (nSPS) is 19.6. The van der Waals surface area contributed by atoms with Crippen LogP contribution in [0, 0.1) is 17.0 Å². The molecule has 2 heterocycles. The van der Waals surface area contributed by atoms with Gasteiger partial charge in [-0.2, -0.15) is 0 Å². The number of hydrogen-bond acceptors (Lipinski definition) is 10. The van der Waals surface area contributed by atoms with E-state index in [1.54, 1.807) is 13.8 Å². The predicted molar refractivity (Wildman–Crippen MR) is 141 cm³/mol. The second kappa shape index (κ2) is 13.1. The molecule has 1 aromatic carbocycles. The number of carbonyl (C=O) groups is 3. The molecule has 42 heavy (non-hydrogen) atoms. The fourth-order valence-corrected chi connectivity index (χ4v) is 5.45. The zero-order valence-electron chi connectivity index (χ0n) is 23.2. The Morgan fingerprint density at radius 3 is 2.57 bits per heavy atom. The molecular formula is C26H31F2N2O11P. The molecule has 1 aliphatic heterocycles. The van der Waals surface area contributed by atoms with Crippen LogP contribution >= 0.6 is 7.60 Å². The summed E-state index contributed by atoms with van der Waals surface area (Å²) in [6.45, 7) is 3.16. The first-order valence-corrected chi connectivity index (χ1v) is 14.4. The standard InChI is InChI=1S/C26H31F2N2O11P/c1-14(2)41-25(35)39-13-40-42(36,37)8-7-26(3)19(38-4)12-30-11-17(21(31)22(32)20(30)23(26)33)24(34)29-10-15-5-6-16(27)9-18(15)28/h5-6,9,11,14,19,32H,7-8,10,12-13H2,1-4H3,(H,29,34)(H,36,37). The molecule has 230 valence electrons. The zero-order chi connectivity index (χ0) is 31.4. The van der Waals surface area contributed by atoms with Gasteiger partial charge < -0.3 is 34.1 Å². The highest BCUT2D eigenvalue weighted by Gasteiger charge is 2.49. The zero-order valence-corrected chi connectivity index (χ0v) is 24.1. The Labute approximate surface area is 238 Å². The molecule has 0 aliphatic carbocycles. The lowest BCUT2D eigenvalue weighted by Gasteiger charge is -2.41. The van der Waals surface area contributed by atoms with Gasteiger partial charge in [-0.25, -0.2) is 13.6 Å². The first kappa shape index (κ1) is 32.9. The Balaban J connectivity index is 1.78. The quantitative estimate of drug-likeness (QED) is 0.192. The Morgan fingerprint density at radius 2 is 1.95 bits per heavy atom.